The van der Waals surface area contributed by atoms with Crippen molar-refractivity contribution in [3.63, 3.8) is 0 Å². The van der Waals surface area contributed by atoms with Gasteiger partial charge in [-0.05, 0) is 44.2 Å². The van der Waals surface area contributed by atoms with Crippen LogP contribution in [0.2, 0.25) is 0 Å². The van der Waals surface area contributed by atoms with Crippen molar-refractivity contribution in [3.05, 3.63) is 53.6 Å². The van der Waals surface area contributed by atoms with E-state index in [9.17, 15) is 22.0 Å². The Labute approximate surface area is 150 Å². The first-order valence-corrected chi connectivity index (χ1v) is 9.30. The minimum atomic E-state index is -4.56. The van der Waals surface area contributed by atoms with E-state index in [1.165, 1.54) is 18.2 Å². The lowest BCUT2D eigenvalue weighted by Gasteiger charge is -2.15. The van der Waals surface area contributed by atoms with Gasteiger partial charge in [0, 0.05) is 6.54 Å². The average Bonchev–Trinajstić information content (AvgIpc) is 2.56. The first-order chi connectivity index (χ1) is 12.3. The van der Waals surface area contributed by atoms with Crippen LogP contribution in [0.15, 0.2) is 41.3 Å². The van der Waals surface area contributed by atoms with Crippen LogP contribution < -0.4 is 10.0 Å². The molecule has 2 rings (SSSR count). The fourth-order valence-corrected chi connectivity index (χ4v) is 3.46. The smallest absolute Gasteiger partial charge is 0.338 e. The number of anilines is 2. The van der Waals surface area contributed by atoms with Gasteiger partial charge in [-0.3, -0.25) is 4.72 Å². The van der Waals surface area contributed by atoms with Gasteiger partial charge in [0.15, 0.2) is 4.90 Å². The Balaban J connectivity index is 2.49. The molecule has 2 N–H and O–H groups in total. The van der Waals surface area contributed by atoms with Gasteiger partial charge < -0.3 is 10.1 Å². The maximum Gasteiger partial charge on any atom is 0.338 e. The number of halogens is 2. The van der Waals surface area contributed by atoms with Crippen molar-refractivity contribution in [2.75, 3.05) is 23.2 Å². The molecule has 0 aliphatic carbocycles. The molecule has 140 valence electrons. The molecule has 9 heteroatoms. The van der Waals surface area contributed by atoms with Gasteiger partial charge in [-0.25, -0.2) is 22.0 Å². The van der Waals surface area contributed by atoms with Crippen LogP contribution in [-0.4, -0.2) is 27.5 Å². The molecular formula is C17H18F2N2O4S. The second kappa shape index (κ2) is 8.13. The highest BCUT2D eigenvalue weighted by Gasteiger charge is 2.25. The van der Waals surface area contributed by atoms with Crippen molar-refractivity contribution in [1.29, 1.82) is 0 Å². The Morgan fingerprint density at radius 2 is 1.73 bits per heavy atom. The lowest BCUT2D eigenvalue weighted by Crippen LogP contribution is -2.18. The molecule has 2 aromatic rings. The van der Waals surface area contributed by atoms with Crippen LogP contribution in [0.1, 0.15) is 24.2 Å². The van der Waals surface area contributed by atoms with Crippen LogP contribution in [0.25, 0.3) is 0 Å². The van der Waals surface area contributed by atoms with E-state index in [1.54, 1.807) is 13.8 Å². The predicted molar refractivity (Wildman–Crippen MR) is 93.7 cm³/mol. The van der Waals surface area contributed by atoms with Gasteiger partial charge in [0.1, 0.15) is 11.6 Å². The lowest BCUT2D eigenvalue weighted by molar-refractivity contribution is 0.0526. The topological polar surface area (TPSA) is 84.5 Å². The van der Waals surface area contributed by atoms with Crippen molar-refractivity contribution in [1.82, 2.24) is 0 Å². The third-order valence-corrected chi connectivity index (χ3v) is 4.75. The zero-order valence-corrected chi connectivity index (χ0v) is 15.0. The van der Waals surface area contributed by atoms with E-state index in [0.717, 1.165) is 18.2 Å². The summed E-state index contributed by atoms with van der Waals surface area (Å²) in [5.41, 5.74) is 0.418. The standard InChI is InChI=1S/C17H18F2N2O4S/c1-3-20-14-9-8-11(17(22)25-4-2)10-15(14)21-26(23,24)16-12(18)6-5-7-13(16)19/h5-10,20-21H,3-4H2,1-2H3. The van der Waals surface area contributed by atoms with Gasteiger partial charge in [-0.15, -0.1) is 0 Å². The zero-order chi connectivity index (χ0) is 19.3. The molecular weight excluding hydrogens is 366 g/mol. The predicted octanol–water partition coefficient (Wildman–Crippen LogP) is 3.37. The highest BCUT2D eigenvalue weighted by atomic mass is 32.2. The molecule has 26 heavy (non-hydrogen) atoms. The summed E-state index contributed by atoms with van der Waals surface area (Å²) in [7, 11) is -4.56. The van der Waals surface area contributed by atoms with Gasteiger partial charge in [-0.2, -0.15) is 0 Å². The average molecular weight is 384 g/mol. The number of hydrogen-bond acceptors (Lipinski definition) is 5. The Hall–Kier alpha value is -2.68. The fraction of sp³-hybridized carbons (Fsp3) is 0.235. The van der Waals surface area contributed by atoms with Gasteiger partial charge in [0.25, 0.3) is 10.0 Å². The summed E-state index contributed by atoms with van der Waals surface area (Å²) in [6.45, 7) is 4.03. The molecule has 0 radical (unpaired) electrons. The largest absolute Gasteiger partial charge is 0.462 e. The number of hydrogen-bond donors (Lipinski definition) is 2. The van der Waals surface area contributed by atoms with Crippen molar-refractivity contribution in [2.24, 2.45) is 0 Å². The van der Waals surface area contributed by atoms with E-state index in [0.29, 0.717) is 12.2 Å². The van der Waals surface area contributed by atoms with Crippen LogP contribution >= 0.6 is 0 Å². The molecule has 0 aliphatic heterocycles. The molecule has 2 aromatic carbocycles. The number of ether oxygens (including phenoxy) is 1. The third-order valence-electron chi connectivity index (χ3n) is 3.33. The van der Waals surface area contributed by atoms with Crippen LogP contribution in [0.4, 0.5) is 20.2 Å². The summed E-state index contributed by atoms with van der Waals surface area (Å²) in [6, 6.07) is 6.93. The Morgan fingerprint density at radius 3 is 2.31 bits per heavy atom. The fourth-order valence-electron chi connectivity index (χ4n) is 2.25. The van der Waals surface area contributed by atoms with E-state index in [2.05, 4.69) is 10.0 Å². The summed E-state index contributed by atoms with van der Waals surface area (Å²) in [5, 5.41) is 2.91. The zero-order valence-electron chi connectivity index (χ0n) is 14.2. The molecule has 6 nitrogen and oxygen atoms in total. The summed E-state index contributed by atoms with van der Waals surface area (Å²) < 4.78 is 59.7. The van der Waals surface area contributed by atoms with Crippen LogP contribution in [0.3, 0.4) is 0 Å². The molecule has 0 amide bonds. The highest BCUT2D eigenvalue weighted by Crippen LogP contribution is 2.28. The third kappa shape index (κ3) is 4.29. The molecule has 0 bridgehead atoms. The molecule has 0 spiro atoms. The van der Waals surface area contributed by atoms with Crippen molar-refractivity contribution in [3.8, 4) is 0 Å². The number of sulfonamides is 1. The van der Waals surface area contributed by atoms with E-state index in [-0.39, 0.29) is 17.9 Å². The van der Waals surface area contributed by atoms with E-state index in [1.807, 2.05) is 0 Å². The number of rotatable bonds is 7. The normalized spacial score (nSPS) is 11.1. The quantitative estimate of drug-likeness (QED) is 0.715. The summed E-state index contributed by atoms with van der Waals surface area (Å²) in [4.78, 5) is 10.8. The summed E-state index contributed by atoms with van der Waals surface area (Å²) >= 11 is 0. The molecule has 0 atom stereocenters. The molecule has 0 aromatic heterocycles. The van der Waals surface area contributed by atoms with Crippen molar-refractivity contribution < 1.29 is 26.7 Å². The van der Waals surface area contributed by atoms with E-state index in [4.69, 9.17) is 4.74 Å². The van der Waals surface area contributed by atoms with E-state index >= 15 is 0 Å². The number of carbonyl (C=O) groups excluding carboxylic acids is 1. The Morgan fingerprint density at radius 1 is 1.08 bits per heavy atom. The second-order valence-corrected chi connectivity index (χ2v) is 6.79. The van der Waals surface area contributed by atoms with Crippen molar-refractivity contribution >= 4 is 27.4 Å². The highest BCUT2D eigenvalue weighted by molar-refractivity contribution is 7.92. The van der Waals surface area contributed by atoms with Gasteiger partial charge in [-0.1, -0.05) is 6.07 Å². The molecule has 0 fully saturated rings. The first kappa shape index (κ1) is 19.6. The van der Waals surface area contributed by atoms with Gasteiger partial charge in [0.2, 0.25) is 0 Å². The number of nitrogens with one attached hydrogen (secondary N) is 2. The minimum Gasteiger partial charge on any atom is -0.462 e. The molecule has 0 saturated carbocycles. The monoisotopic (exact) mass is 384 g/mol. The SMILES string of the molecule is CCNc1ccc(C(=O)OCC)cc1NS(=O)(=O)c1c(F)cccc1F. The van der Waals surface area contributed by atoms with Crippen LogP contribution in [0.5, 0.6) is 0 Å². The lowest BCUT2D eigenvalue weighted by atomic mass is 10.1. The molecule has 0 aliphatic rings. The number of esters is 1. The van der Waals surface area contributed by atoms with Crippen LogP contribution in [-0.2, 0) is 14.8 Å². The van der Waals surface area contributed by atoms with Gasteiger partial charge >= 0.3 is 5.97 Å². The molecule has 0 saturated heterocycles. The summed E-state index contributed by atoms with van der Waals surface area (Å²) in [5.74, 6) is -3.08. The second-order valence-electron chi connectivity index (χ2n) is 5.17. The maximum atomic E-state index is 13.9. The first-order valence-electron chi connectivity index (χ1n) is 7.82. The Kier molecular flexibility index (Phi) is 6.14. The number of benzene rings is 2. The number of carbonyl (C=O) groups is 1. The molecule has 0 heterocycles. The van der Waals surface area contributed by atoms with E-state index < -0.39 is 32.5 Å². The minimum absolute atomic E-state index is 0.0277. The Bertz CT molecular complexity index is 897. The van der Waals surface area contributed by atoms with Crippen LogP contribution in [0, 0.1) is 11.6 Å². The maximum absolute atomic E-state index is 13.9. The molecule has 0 unspecified atom stereocenters. The van der Waals surface area contributed by atoms with Crippen molar-refractivity contribution in [2.45, 2.75) is 18.7 Å². The summed E-state index contributed by atoms with van der Waals surface area (Å²) in [6.07, 6.45) is 0. The van der Waals surface area contributed by atoms with Gasteiger partial charge in [0.05, 0.1) is 23.5 Å².